The fraction of sp³-hybridized carbons (Fsp3) is 0. The van der Waals surface area contributed by atoms with Crippen LogP contribution in [0.5, 0.6) is 11.5 Å². The summed E-state index contributed by atoms with van der Waals surface area (Å²) in [5.41, 5.74) is 10.7. The Morgan fingerprint density at radius 1 is 0.592 bits per heavy atom. The van der Waals surface area contributed by atoms with Crippen LogP contribution in [0.4, 0.5) is 45.5 Å². The number of carboxylic acids is 1. The average molecular weight is 707 g/mol. The molecular formula is C29H22N8O10S2. The minimum atomic E-state index is -5.12. The fourth-order valence-electron chi connectivity index (χ4n) is 4.32. The molecule has 250 valence electrons. The molecular weight excluding hydrogens is 684 g/mol. The summed E-state index contributed by atoms with van der Waals surface area (Å²) in [6.07, 6.45) is 0. The van der Waals surface area contributed by atoms with Crippen LogP contribution in [0.15, 0.2) is 119 Å². The lowest BCUT2D eigenvalue weighted by atomic mass is 10.1. The normalized spacial score (nSPS) is 12.4. The third-order valence-electron chi connectivity index (χ3n) is 6.64. The molecule has 0 amide bonds. The summed E-state index contributed by atoms with van der Waals surface area (Å²) in [4.78, 5) is 9.36. The molecule has 0 atom stereocenters. The van der Waals surface area contributed by atoms with E-state index in [9.17, 15) is 40.9 Å². The number of anilines is 2. The Balaban J connectivity index is 1.56. The lowest BCUT2D eigenvalue weighted by Gasteiger charge is -2.14. The minimum absolute atomic E-state index is 0.102. The van der Waals surface area contributed by atoms with Gasteiger partial charge >= 0.3 is 5.97 Å². The molecule has 0 aromatic heterocycles. The molecule has 5 aromatic carbocycles. The Hall–Kier alpha value is -6.35. The number of azo groups is 3. The highest BCUT2D eigenvalue weighted by Gasteiger charge is 2.28. The Bertz CT molecular complexity index is 2450. The van der Waals surface area contributed by atoms with Crippen LogP contribution in [0.1, 0.15) is 10.4 Å². The molecule has 0 radical (unpaired) electrons. The zero-order chi connectivity index (χ0) is 35.7. The zero-order valence-corrected chi connectivity index (χ0v) is 26.1. The van der Waals surface area contributed by atoms with E-state index in [-0.39, 0.29) is 39.1 Å². The first-order valence-corrected chi connectivity index (χ1v) is 16.2. The minimum Gasteiger partial charge on any atom is -0.507 e. The summed E-state index contributed by atoms with van der Waals surface area (Å²) in [5.74, 6) is -2.73. The molecule has 9 N–H and O–H groups in total. The van der Waals surface area contributed by atoms with Crippen LogP contribution in [0.2, 0.25) is 0 Å². The van der Waals surface area contributed by atoms with E-state index in [0.29, 0.717) is 5.69 Å². The van der Waals surface area contributed by atoms with Gasteiger partial charge in [-0.25, -0.2) is 4.79 Å². The van der Waals surface area contributed by atoms with Crippen LogP contribution in [-0.4, -0.2) is 47.2 Å². The van der Waals surface area contributed by atoms with Gasteiger partial charge in [0.25, 0.3) is 20.2 Å². The Kier molecular flexibility index (Phi) is 9.05. The molecule has 5 aromatic rings. The van der Waals surface area contributed by atoms with Gasteiger partial charge in [0.15, 0.2) is 5.75 Å². The Labute approximate surface area is 275 Å². The summed E-state index contributed by atoms with van der Waals surface area (Å²) < 4.78 is 69.0. The predicted molar refractivity (Wildman–Crippen MR) is 175 cm³/mol. The first-order chi connectivity index (χ1) is 23.0. The fourth-order valence-corrected chi connectivity index (χ4v) is 5.65. The van der Waals surface area contributed by atoms with E-state index in [4.69, 9.17) is 16.6 Å². The second-order valence-electron chi connectivity index (χ2n) is 9.97. The van der Waals surface area contributed by atoms with E-state index >= 15 is 0 Å². The van der Waals surface area contributed by atoms with E-state index in [1.54, 1.807) is 0 Å². The standard InChI is InChI=1S/C29H22N8O10S2/c30-15-1-3-16(4-2-15)33-36-26-22(48(42,43)44)11-14-12-23(49(45,46)47)27(28(39)24(14)25(26)31)37-34-18-7-5-17(6-8-18)32-35-19-9-10-21(38)20(13-19)29(40)41/h1-13,38-39H,30-31H2,(H,40,41)(H,42,43,44)(H,45,46,47). The highest BCUT2D eigenvalue weighted by atomic mass is 32.2. The predicted octanol–water partition coefficient (Wildman–Crippen LogP) is 6.85. The number of benzene rings is 5. The van der Waals surface area contributed by atoms with Crippen molar-refractivity contribution in [3.05, 3.63) is 84.4 Å². The zero-order valence-electron chi connectivity index (χ0n) is 24.4. The number of aromatic carboxylic acids is 1. The second-order valence-corrected chi connectivity index (χ2v) is 12.8. The summed E-state index contributed by atoms with van der Waals surface area (Å²) >= 11 is 0. The number of carboxylic acid groups (broad SMARTS) is 1. The molecule has 0 bridgehead atoms. The number of carbonyl (C=O) groups is 1. The Morgan fingerprint density at radius 3 is 1.53 bits per heavy atom. The number of nitrogens with zero attached hydrogens (tertiary/aromatic N) is 6. The first-order valence-electron chi connectivity index (χ1n) is 13.4. The molecule has 0 aliphatic carbocycles. The number of phenols is 2. The van der Waals surface area contributed by atoms with Crippen molar-refractivity contribution in [1.82, 2.24) is 0 Å². The van der Waals surface area contributed by atoms with Gasteiger partial charge in [-0.15, -0.1) is 10.2 Å². The molecule has 0 aliphatic heterocycles. The molecule has 20 heteroatoms. The molecule has 0 unspecified atom stereocenters. The monoisotopic (exact) mass is 706 g/mol. The summed E-state index contributed by atoms with van der Waals surface area (Å²) in [7, 11) is -10.2. The van der Waals surface area contributed by atoms with Crippen molar-refractivity contribution in [2.45, 2.75) is 9.79 Å². The van der Waals surface area contributed by atoms with Gasteiger partial charge in [-0.3, -0.25) is 9.11 Å². The van der Waals surface area contributed by atoms with Crippen LogP contribution >= 0.6 is 0 Å². The van der Waals surface area contributed by atoms with Gasteiger partial charge in [0, 0.05) is 5.69 Å². The SMILES string of the molecule is Nc1ccc(N=Nc2c(S(=O)(=O)O)cc3cc(S(=O)(=O)O)c(N=Nc4ccc(N=Nc5ccc(O)c(C(=O)O)c5)cc4)c(O)c3c2N)cc1. The molecule has 5 rings (SSSR count). The van der Waals surface area contributed by atoms with Crippen molar-refractivity contribution in [3.63, 3.8) is 0 Å². The van der Waals surface area contributed by atoms with E-state index in [1.165, 1.54) is 54.6 Å². The molecule has 49 heavy (non-hydrogen) atoms. The number of hydrogen-bond acceptors (Lipinski definition) is 15. The maximum absolute atomic E-state index is 12.3. The van der Waals surface area contributed by atoms with E-state index in [2.05, 4.69) is 30.7 Å². The van der Waals surface area contributed by atoms with Crippen molar-refractivity contribution in [2.24, 2.45) is 30.7 Å². The molecule has 0 saturated heterocycles. The number of nitrogens with two attached hydrogens (primary N) is 2. The van der Waals surface area contributed by atoms with Gasteiger partial charge in [-0.2, -0.15) is 37.3 Å². The maximum atomic E-state index is 12.3. The molecule has 0 fully saturated rings. The number of hydrogen-bond donors (Lipinski definition) is 7. The van der Waals surface area contributed by atoms with Crippen LogP contribution in [0, 0.1) is 0 Å². The summed E-state index contributed by atoms with van der Waals surface area (Å²) in [6, 6.07) is 16.7. The van der Waals surface area contributed by atoms with E-state index in [1.807, 2.05) is 0 Å². The van der Waals surface area contributed by atoms with Gasteiger partial charge in [-0.05, 0) is 84.2 Å². The van der Waals surface area contributed by atoms with Gasteiger partial charge in [-0.1, -0.05) is 0 Å². The molecule has 0 saturated carbocycles. The second kappa shape index (κ2) is 13.0. The third kappa shape index (κ3) is 7.47. The smallest absolute Gasteiger partial charge is 0.339 e. The molecule has 18 nitrogen and oxygen atoms in total. The van der Waals surface area contributed by atoms with Gasteiger partial charge in [0.1, 0.15) is 32.5 Å². The molecule has 0 heterocycles. The van der Waals surface area contributed by atoms with Gasteiger partial charge < -0.3 is 26.8 Å². The average Bonchev–Trinajstić information content (AvgIpc) is 3.03. The lowest BCUT2D eigenvalue weighted by Crippen LogP contribution is -2.03. The van der Waals surface area contributed by atoms with Crippen LogP contribution < -0.4 is 11.5 Å². The van der Waals surface area contributed by atoms with Crippen molar-refractivity contribution < 1.29 is 46.1 Å². The van der Waals surface area contributed by atoms with Crippen LogP contribution in [0.25, 0.3) is 10.8 Å². The number of nitrogen functional groups attached to an aromatic ring is 2. The van der Waals surface area contributed by atoms with Crippen LogP contribution in [-0.2, 0) is 20.2 Å². The first kappa shape index (κ1) is 34.0. The quantitative estimate of drug-likeness (QED) is 0.0470. The summed E-state index contributed by atoms with van der Waals surface area (Å²) in [5, 5.41) is 52.6. The number of aromatic hydroxyl groups is 2. The Morgan fingerprint density at radius 2 is 1.02 bits per heavy atom. The van der Waals surface area contributed by atoms with Crippen molar-refractivity contribution >= 4 is 82.5 Å². The highest BCUT2D eigenvalue weighted by molar-refractivity contribution is 7.86. The summed E-state index contributed by atoms with van der Waals surface area (Å²) in [6.45, 7) is 0. The lowest BCUT2D eigenvalue weighted by molar-refractivity contribution is 0.0693. The van der Waals surface area contributed by atoms with Crippen molar-refractivity contribution in [2.75, 3.05) is 11.5 Å². The van der Waals surface area contributed by atoms with Gasteiger partial charge in [0.2, 0.25) is 0 Å². The molecule has 0 aliphatic rings. The van der Waals surface area contributed by atoms with Crippen LogP contribution in [0.3, 0.4) is 0 Å². The van der Waals surface area contributed by atoms with Crippen molar-refractivity contribution in [3.8, 4) is 11.5 Å². The third-order valence-corrected chi connectivity index (χ3v) is 8.37. The number of fused-ring (bicyclic) bond motifs is 1. The highest BCUT2D eigenvalue weighted by Crippen LogP contribution is 2.48. The van der Waals surface area contributed by atoms with E-state index in [0.717, 1.165) is 24.3 Å². The molecule has 0 spiro atoms. The number of phenolic OH excluding ortho intramolecular Hbond substituents is 1. The maximum Gasteiger partial charge on any atom is 0.339 e. The topological polar surface area (TPSA) is 313 Å². The van der Waals surface area contributed by atoms with E-state index < -0.39 is 64.6 Å². The van der Waals surface area contributed by atoms with Crippen molar-refractivity contribution in [1.29, 1.82) is 0 Å². The number of rotatable bonds is 9. The largest absolute Gasteiger partial charge is 0.507 e. The van der Waals surface area contributed by atoms with Gasteiger partial charge in [0.05, 0.1) is 33.8 Å².